The van der Waals surface area contributed by atoms with E-state index >= 15 is 0 Å². The summed E-state index contributed by atoms with van der Waals surface area (Å²) in [4.78, 5) is 14.0. The fourth-order valence-electron chi connectivity index (χ4n) is 1.47. The molecule has 0 bridgehead atoms. The Bertz CT molecular complexity index is 669. The molecule has 2 aromatic rings. The maximum Gasteiger partial charge on any atom is 0.339 e. The van der Waals surface area contributed by atoms with Crippen LogP contribution in [-0.2, 0) is 0 Å². The van der Waals surface area contributed by atoms with Crippen molar-refractivity contribution in [2.24, 2.45) is 5.11 Å². The molecule has 1 aromatic heterocycles. The van der Waals surface area contributed by atoms with E-state index in [9.17, 15) is 9.90 Å². The number of benzene rings is 1. The molecule has 0 unspecified atom stereocenters. The van der Waals surface area contributed by atoms with Crippen LogP contribution in [0.3, 0.4) is 0 Å². The quantitative estimate of drug-likeness (QED) is 0.344. The average Bonchev–Trinajstić information content (AvgIpc) is 2.25. The van der Waals surface area contributed by atoms with Gasteiger partial charge in [-0.2, -0.15) is 0 Å². The minimum Gasteiger partial charge on any atom is -0.507 e. The summed E-state index contributed by atoms with van der Waals surface area (Å²) >= 11 is 0. The van der Waals surface area contributed by atoms with Crippen LogP contribution in [0.1, 0.15) is 5.56 Å². The molecule has 6 heteroatoms. The monoisotopic (exact) mass is 217 g/mol. The van der Waals surface area contributed by atoms with E-state index in [1.165, 1.54) is 25.1 Å². The van der Waals surface area contributed by atoms with Gasteiger partial charge < -0.3 is 9.52 Å². The Morgan fingerprint density at radius 3 is 2.94 bits per heavy atom. The zero-order valence-corrected chi connectivity index (χ0v) is 8.34. The lowest BCUT2D eigenvalue weighted by molar-refractivity contribution is 0.479. The minimum atomic E-state index is -0.583. The van der Waals surface area contributed by atoms with Gasteiger partial charge in [0.2, 0.25) is 0 Å². The second-order valence-corrected chi connectivity index (χ2v) is 3.20. The van der Waals surface area contributed by atoms with Crippen molar-refractivity contribution in [3.8, 4) is 5.75 Å². The second-order valence-electron chi connectivity index (χ2n) is 3.20. The third-order valence-corrected chi connectivity index (χ3v) is 2.25. The lowest BCUT2D eigenvalue weighted by Gasteiger charge is -2.04. The van der Waals surface area contributed by atoms with Crippen LogP contribution in [0, 0.1) is 6.92 Å². The summed E-state index contributed by atoms with van der Waals surface area (Å²) in [5.74, 6) is -0.0910. The molecule has 0 atom stereocenters. The summed E-state index contributed by atoms with van der Waals surface area (Å²) < 4.78 is 4.96. The number of nitrogens with zero attached hydrogens (tertiary/aromatic N) is 3. The van der Waals surface area contributed by atoms with E-state index in [2.05, 4.69) is 10.0 Å². The highest BCUT2D eigenvalue weighted by molar-refractivity contribution is 5.94. The first kappa shape index (κ1) is 10.1. The molecule has 0 amide bonds. The molecule has 16 heavy (non-hydrogen) atoms. The normalized spacial score (nSPS) is 10.1. The van der Waals surface area contributed by atoms with E-state index in [0.29, 0.717) is 0 Å². The van der Waals surface area contributed by atoms with Crippen LogP contribution < -0.4 is 5.63 Å². The Morgan fingerprint density at radius 2 is 2.25 bits per heavy atom. The summed E-state index contributed by atoms with van der Waals surface area (Å²) in [6.45, 7) is 1.47. The van der Waals surface area contributed by atoms with Gasteiger partial charge in [-0.15, -0.1) is 0 Å². The molecule has 0 spiro atoms. The molecule has 0 saturated carbocycles. The minimum absolute atomic E-state index is 0.0910. The van der Waals surface area contributed by atoms with Crippen molar-refractivity contribution in [2.45, 2.75) is 6.92 Å². The van der Waals surface area contributed by atoms with Gasteiger partial charge >= 0.3 is 5.63 Å². The molecule has 0 fully saturated rings. The Balaban J connectivity index is 3.08. The van der Waals surface area contributed by atoms with Crippen LogP contribution in [0.5, 0.6) is 5.75 Å². The van der Waals surface area contributed by atoms with Crippen LogP contribution >= 0.6 is 0 Å². The maximum absolute atomic E-state index is 11.4. The van der Waals surface area contributed by atoms with Gasteiger partial charge in [0.25, 0.3) is 0 Å². The predicted octanol–water partition coefficient (Wildman–Crippen LogP) is 2.75. The van der Waals surface area contributed by atoms with Crippen LogP contribution in [0.2, 0.25) is 0 Å². The summed E-state index contributed by atoms with van der Waals surface area (Å²) in [5, 5.41) is 13.3. The first-order chi connectivity index (χ1) is 7.65. The lowest BCUT2D eigenvalue weighted by atomic mass is 10.1. The van der Waals surface area contributed by atoms with Crippen molar-refractivity contribution in [3.63, 3.8) is 0 Å². The number of phenols is 1. The molecule has 80 valence electrons. The lowest BCUT2D eigenvalue weighted by Crippen LogP contribution is -2.02. The third kappa shape index (κ3) is 1.37. The second kappa shape index (κ2) is 3.60. The van der Waals surface area contributed by atoms with Gasteiger partial charge in [-0.1, -0.05) is 11.2 Å². The maximum atomic E-state index is 11.4. The molecule has 1 heterocycles. The predicted molar refractivity (Wildman–Crippen MR) is 57.7 cm³/mol. The Hall–Kier alpha value is -2.46. The SMILES string of the molecule is Cc1c(N=[N+]=[N-])c2c(O)cccc2oc1=O. The molecule has 0 radical (unpaired) electrons. The number of hydrogen-bond donors (Lipinski definition) is 1. The largest absolute Gasteiger partial charge is 0.507 e. The summed E-state index contributed by atoms with van der Waals surface area (Å²) in [7, 11) is 0. The van der Waals surface area contributed by atoms with Crippen LogP contribution in [0.15, 0.2) is 32.5 Å². The molecule has 0 saturated heterocycles. The molecule has 2 rings (SSSR count). The van der Waals surface area contributed by atoms with E-state index in [1.54, 1.807) is 0 Å². The van der Waals surface area contributed by atoms with E-state index in [-0.39, 0.29) is 28.0 Å². The average molecular weight is 217 g/mol. The van der Waals surface area contributed by atoms with Gasteiger partial charge in [-0.3, -0.25) is 0 Å². The highest BCUT2D eigenvalue weighted by Gasteiger charge is 2.12. The highest BCUT2D eigenvalue weighted by atomic mass is 16.4. The highest BCUT2D eigenvalue weighted by Crippen LogP contribution is 2.34. The van der Waals surface area contributed by atoms with Gasteiger partial charge in [-0.25, -0.2) is 4.79 Å². The molecule has 6 nitrogen and oxygen atoms in total. The third-order valence-electron chi connectivity index (χ3n) is 2.25. The number of fused-ring (bicyclic) bond motifs is 1. The fourth-order valence-corrected chi connectivity index (χ4v) is 1.47. The number of aromatic hydroxyl groups is 1. The van der Waals surface area contributed by atoms with E-state index in [4.69, 9.17) is 9.95 Å². The Morgan fingerprint density at radius 1 is 1.50 bits per heavy atom. The first-order valence-corrected chi connectivity index (χ1v) is 4.45. The van der Waals surface area contributed by atoms with Crippen molar-refractivity contribution in [3.05, 3.63) is 44.6 Å². The topological polar surface area (TPSA) is 99.2 Å². The van der Waals surface area contributed by atoms with Gasteiger partial charge in [0, 0.05) is 10.5 Å². The zero-order chi connectivity index (χ0) is 11.7. The molecular formula is C10H7N3O3. The number of azide groups is 1. The first-order valence-electron chi connectivity index (χ1n) is 4.45. The summed E-state index contributed by atoms with van der Waals surface area (Å²) in [6.07, 6.45) is 0. The standard InChI is InChI=1S/C10H7N3O3/c1-5-9(12-13-11)8-6(14)3-2-4-7(8)16-10(5)15/h2-4,14H,1H3. The molecule has 0 aliphatic carbocycles. The molecule has 0 aliphatic rings. The zero-order valence-electron chi connectivity index (χ0n) is 8.34. The van der Waals surface area contributed by atoms with Crippen LogP contribution in [0.4, 0.5) is 5.69 Å². The summed E-state index contributed by atoms with van der Waals surface area (Å²) in [6, 6.07) is 4.49. The Kier molecular flexibility index (Phi) is 2.27. The summed E-state index contributed by atoms with van der Waals surface area (Å²) in [5.41, 5.74) is 8.32. The molecule has 1 aromatic carbocycles. The van der Waals surface area contributed by atoms with E-state index in [1.807, 2.05) is 0 Å². The number of hydrogen-bond acceptors (Lipinski definition) is 4. The molecule has 1 N–H and O–H groups in total. The van der Waals surface area contributed by atoms with Gasteiger partial charge in [-0.05, 0) is 24.6 Å². The molecular weight excluding hydrogens is 210 g/mol. The van der Waals surface area contributed by atoms with E-state index < -0.39 is 5.63 Å². The van der Waals surface area contributed by atoms with Crippen molar-refractivity contribution >= 4 is 16.7 Å². The Labute approximate surface area is 89.4 Å². The van der Waals surface area contributed by atoms with Crippen LogP contribution in [0.25, 0.3) is 21.4 Å². The van der Waals surface area contributed by atoms with Crippen molar-refractivity contribution in [2.75, 3.05) is 0 Å². The van der Waals surface area contributed by atoms with E-state index in [0.717, 1.165) is 0 Å². The van der Waals surface area contributed by atoms with Crippen LogP contribution in [-0.4, -0.2) is 5.11 Å². The van der Waals surface area contributed by atoms with Crippen molar-refractivity contribution < 1.29 is 9.52 Å². The van der Waals surface area contributed by atoms with Gasteiger partial charge in [0.05, 0.1) is 11.1 Å². The van der Waals surface area contributed by atoms with Crippen molar-refractivity contribution in [1.29, 1.82) is 0 Å². The van der Waals surface area contributed by atoms with Gasteiger partial charge in [0.15, 0.2) is 0 Å². The van der Waals surface area contributed by atoms with Gasteiger partial charge in [0.1, 0.15) is 11.3 Å². The fraction of sp³-hybridized carbons (Fsp3) is 0.100. The number of phenolic OH excluding ortho intramolecular Hbond substituents is 1. The smallest absolute Gasteiger partial charge is 0.339 e. The molecule has 0 aliphatic heterocycles. The number of rotatable bonds is 1. The van der Waals surface area contributed by atoms with Crippen molar-refractivity contribution in [1.82, 2.24) is 0 Å².